The molecule has 0 spiro atoms. The minimum atomic E-state index is -0.235. The van der Waals surface area contributed by atoms with Gasteiger partial charge in [-0.2, -0.15) is 0 Å². The minimum absolute atomic E-state index is 0.235. The molecule has 3 rings (SSSR count). The highest BCUT2D eigenvalue weighted by Crippen LogP contribution is 2.40. The first-order chi connectivity index (χ1) is 12.5. The van der Waals surface area contributed by atoms with E-state index in [1.165, 1.54) is 12.1 Å². The van der Waals surface area contributed by atoms with Crippen molar-refractivity contribution < 1.29 is 9.13 Å². The molecule has 0 fully saturated rings. The predicted molar refractivity (Wildman–Crippen MR) is 106 cm³/mol. The highest BCUT2D eigenvalue weighted by Gasteiger charge is 2.17. The summed E-state index contributed by atoms with van der Waals surface area (Å²) in [6.07, 6.45) is 1.14. The van der Waals surface area contributed by atoms with E-state index >= 15 is 0 Å². The van der Waals surface area contributed by atoms with Crippen LogP contribution < -0.4 is 5.32 Å². The molecule has 2 aromatic heterocycles. The van der Waals surface area contributed by atoms with Gasteiger partial charge in [0, 0.05) is 23.6 Å². The lowest BCUT2D eigenvalue weighted by atomic mass is 10.0. The molecule has 0 atom stereocenters. The van der Waals surface area contributed by atoms with Crippen molar-refractivity contribution in [3.05, 3.63) is 40.8 Å². The second kappa shape index (κ2) is 8.10. The number of anilines is 1. The summed E-state index contributed by atoms with van der Waals surface area (Å²) in [5, 5.41) is 4.45. The molecule has 1 aromatic carbocycles. The van der Waals surface area contributed by atoms with Crippen molar-refractivity contribution in [3.63, 3.8) is 0 Å². The van der Waals surface area contributed by atoms with Gasteiger partial charge in [-0.25, -0.2) is 14.4 Å². The van der Waals surface area contributed by atoms with E-state index in [1.807, 2.05) is 32.9 Å². The Balaban J connectivity index is 1.93. The molecule has 0 saturated heterocycles. The molecule has 3 aromatic rings. The average Bonchev–Trinajstić information content (AvgIpc) is 2.90. The Kier molecular flexibility index (Phi) is 5.84. The molecule has 26 heavy (non-hydrogen) atoms. The van der Waals surface area contributed by atoms with Crippen LogP contribution >= 0.6 is 11.3 Å². The summed E-state index contributed by atoms with van der Waals surface area (Å²) < 4.78 is 18.9. The molecule has 0 bridgehead atoms. The molecule has 138 valence electrons. The summed E-state index contributed by atoms with van der Waals surface area (Å²) in [5.74, 6) is 1.34. The van der Waals surface area contributed by atoms with E-state index in [9.17, 15) is 4.39 Å². The van der Waals surface area contributed by atoms with Crippen LogP contribution in [0, 0.1) is 19.7 Å². The van der Waals surface area contributed by atoms with Crippen LogP contribution in [0.4, 0.5) is 10.2 Å². The minimum Gasteiger partial charge on any atom is -0.379 e. The number of ether oxygens (including phenoxy) is 1. The van der Waals surface area contributed by atoms with Gasteiger partial charge in [-0.3, -0.25) is 0 Å². The maximum Gasteiger partial charge on any atom is 0.139 e. The summed E-state index contributed by atoms with van der Waals surface area (Å²) in [6, 6.07) is 6.60. The van der Waals surface area contributed by atoms with Gasteiger partial charge in [0.2, 0.25) is 0 Å². The van der Waals surface area contributed by atoms with Gasteiger partial charge in [-0.05, 0) is 51.8 Å². The lowest BCUT2D eigenvalue weighted by Gasteiger charge is -2.11. The van der Waals surface area contributed by atoms with Crippen LogP contribution in [0.3, 0.4) is 0 Å². The molecular weight excluding hydrogens is 349 g/mol. The number of aryl methyl sites for hydroxylation is 2. The van der Waals surface area contributed by atoms with Gasteiger partial charge in [0.15, 0.2) is 0 Å². The first kappa shape index (κ1) is 18.7. The lowest BCUT2D eigenvalue weighted by Crippen LogP contribution is -2.10. The highest BCUT2D eigenvalue weighted by atomic mass is 32.1. The van der Waals surface area contributed by atoms with Gasteiger partial charge in [0.25, 0.3) is 0 Å². The van der Waals surface area contributed by atoms with E-state index in [0.29, 0.717) is 6.61 Å². The fourth-order valence-electron chi connectivity index (χ4n) is 2.91. The predicted octanol–water partition coefficient (Wildman–Crippen LogP) is 5.34. The van der Waals surface area contributed by atoms with Crippen LogP contribution in [0.5, 0.6) is 0 Å². The van der Waals surface area contributed by atoms with Crippen molar-refractivity contribution in [2.24, 2.45) is 0 Å². The summed E-state index contributed by atoms with van der Waals surface area (Å²) >= 11 is 1.64. The Labute approximate surface area is 157 Å². The summed E-state index contributed by atoms with van der Waals surface area (Å²) in [5.41, 5.74) is 2.06. The maximum atomic E-state index is 13.3. The van der Waals surface area contributed by atoms with Gasteiger partial charge in [-0.15, -0.1) is 11.3 Å². The number of nitrogens with zero attached hydrogens (tertiary/aromatic N) is 2. The van der Waals surface area contributed by atoms with Gasteiger partial charge in [-0.1, -0.05) is 12.1 Å². The first-order valence-corrected chi connectivity index (χ1v) is 9.66. The molecule has 2 heterocycles. The van der Waals surface area contributed by atoms with Crippen molar-refractivity contribution in [1.82, 2.24) is 9.97 Å². The van der Waals surface area contributed by atoms with Crippen LogP contribution in [-0.2, 0) is 4.74 Å². The zero-order valence-electron chi connectivity index (χ0n) is 15.6. The number of nitrogens with one attached hydrogen (secondary N) is 1. The third-order valence-electron chi connectivity index (χ3n) is 4.04. The number of halogens is 1. The zero-order chi connectivity index (χ0) is 18.7. The first-order valence-electron chi connectivity index (χ1n) is 8.85. The van der Waals surface area contributed by atoms with E-state index in [4.69, 9.17) is 4.74 Å². The Hall–Kier alpha value is -2.05. The largest absolute Gasteiger partial charge is 0.379 e. The Morgan fingerprint density at radius 2 is 1.88 bits per heavy atom. The molecule has 0 aliphatic heterocycles. The zero-order valence-corrected chi connectivity index (χ0v) is 16.4. The molecule has 1 N–H and O–H groups in total. The molecule has 0 saturated carbocycles. The third kappa shape index (κ3) is 4.19. The lowest BCUT2D eigenvalue weighted by molar-refractivity contribution is 0.0787. The molecule has 4 nitrogen and oxygen atoms in total. The van der Waals surface area contributed by atoms with E-state index in [2.05, 4.69) is 22.2 Å². The van der Waals surface area contributed by atoms with Crippen LogP contribution in [0.1, 0.15) is 31.0 Å². The van der Waals surface area contributed by atoms with Crippen molar-refractivity contribution in [1.29, 1.82) is 0 Å². The number of hydrogen-bond donors (Lipinski definition) is 1. The third-order valence-corrected chi connectivity index (χ3v) is 5.04. The van der Waals surface area contributed by atoms with Crippen LogP contribution in [0.2, 0.25) is 0 Å². The second-order valence-corrected chi connectivity index (χ2v) is 7.74. The van der Waals surface area contributed by atoms with Gasteiger partial charge in [0.05, 0.1) is 11.5 Å². The van der Waals surface area contributed by atoms with Gasteiger partial charge in [0.1, 0.15) is 22.3 Å². The summed E-state index contributed by atoms with van der Waals surface area (Å²) in [7, 11) is 0. The SMILES string of the molecule is Cc1nc(NCCCOC(C)C)c2c(-c3ccc(F)cc3)c(C)sc2n1. The number of benzene rings is 1. The van der Waals surface area contributed by atoms with Gasteiger partial charge >= 0.3 is 0 Å². The second-order valence-electron chi connectivity index (χ2n) is 6.54. The Morgan fingerprint density at radius 1 is 1.15 bits per heavy atom. The van der Waals surface area contributed by atoms with E-state index in [-0.39, 0.29) is 11.9 Å². The monoisotopic (exact) mass is 373 g/mol. The standard InChI is InChI=1S/C20H24FN3OS/c1-12(2)25-11-5-10-22-19-18-17(15-6-8-16(21)9-7-15)13(3)26-20(18)24-14(4)23-19/h6-9,12H,5,10-11H2,1-4H3,(H,22,23,24). The number of aromatic nitrogens is 2. The summed E-state index contributed by atoms with van der Waals surface area (Å²) in [6.45, 7) is 9.53. The topological polar surface area (TPSA) is 47.0 Å². The molecule has 0 aliphatic rings. The molecule has 0 aliphatic carbocycles. The molecular formula is C20H24FN3OS. The van der Waals surface area contributed by atoms with E-state index in [0.717, 1.165) is 50.8 Å². The van der Waals surface area contributed by atoms with Crippen LogP contribution in [-0.4, -0.2) is 29.2 Å². The number of rotatable bonds is 7. The number of hydrogen-bond acceptors (Lipinski definition) is 5. The van der Waals surface area contributed by atoms with Crippen molar-refractivity contribution >= 4 is 27.4 Å². The fraction of sp³-hybridized carbons (Fsp3) is 0.400. The van der Waals surface area contributed by atoms with Crippen LogP contribution in [0.15, 0.2) is 24.3 Å². The van der Waals surface area contributed by atoms with E-state index in [1.54, 1.807) is 11.3 Å². The summed E-state index contributed by atoms with van der Waals surface area (Å²) in [4.78, 5) is 11.3. The smallest absolute Gasteiger partial charge is 0.139 e. The maximum absolute atomic E-state index is 13.3. The molecule has 0 unspecified atom stereocenters. The molecule has 6 heteroatoms. The quantitative estimate of drug-likeness (QED) is 0.568. The van der Waals surface area contributed by atoms with Gasteiger partial charge < -0.3 is 10.1 Å². The Morgan fingerprint density at radius 3 is 2.58 bits per heavy atom. The highest BCUT2D eigenvalue weighted by molar-refractivity contribution is 7.19. The Bertz CT molecular complexity index is 890. The van der Waals surface area contributed by atoms with Crippen molar-refractivity contribution in [3.8, 4) is 11.1 Å². The molecule has 0 radical (unpaired) electrons. The van der Waals surface area contributed by atoms with Crippen molar-refractivity contribution in [2.45, 2.75) is 40.2 Å². The fourth-order valence-corrected chi connectivity index (χ4v) is 4.00. The van der Waals surface area contributed by atoms with Crippen molar-refractivity contribution in [2.75, 3.05) is 18.5 Å². The molecule has 0 amide bonds. The van der Waals surface area contributed by atoms with E-state index < -0.39 is 0 Å². The van der Waals surface area contributed by atoms with Crippen LogP contribution in [0.25, 0.3) is 21.3 Å². The number of thiophene rings is 1. The normalized spacial score (nSPS) is 11.5. The number of fused-ring (bicyclic) bond motifs is 1. The average molecular weight is 373 g/mol.